The van der Waals surface area contributed by atoms with E-state index >= 15 is 0 Å². The Morgan fingerprint density at radius 3 is 2.28 bits per heavy atom. The minimum Gasteiger partial charge on any atom is -0.360 e. The average Bonchev–Trinajstić information content (AvgIpc) is 2.31. The molecule has 0 radical (unpaired) electrons. The van der Waals surface area contributed by atoms with Gasteiger partial charge >= 0.3 is 0 Å². The Hall–Kier alpha value is -0.0800. The first-order valence-electron chi connectivity index (χ1n) is 7.97. The van der Waals surface area contributed by atoms with Crippen LogP contribution in [0.1, 0.15) is 65.7 Å². The van der Waals surface area contributed by atoms with Gasteiger partial charge in [-0.15, -0.1) is 0 Å². The Morgan fingerprint density at radius 2 is 1.78 bits per heavy atom. The predicted octanol–water partition coefficient (Wildman–Crippen LogP) is 3.71. The number of ether oxygens (including phenoxy) is 1. The molecule has 0 aromatic carbocycles. The molecule has 2 heteroatoms. The zero-order valence-corrected chi connectivity index (χ0v) is 12.3. The molecular formula is C16H29NO. The summed E-state index contributed by atoms with van der Waals surface area (Å²) in [6.07, 6.45) is 9.22. The van der Waals surface area contributed by atoms with Crippen LogP contribution in [0.15, 0.2) is 0 Å². The van der Waals surface area contributed by atoms with Gasteiger partial charge in [0.2, 0.25) is 0 Å². The van der Waals surface area contributed by atoms with Crippen LogP contribution < -0.4 is 5.32 Å². The molecule has 0 amide bonds. The minimum absolute atomic E-state index is 0.0300. The lowest BCUT2D eigenvalue weighted by Crippen LogP contribution is -2.68. The van der Waals surface area contributed by atoms with E-state index in [4.69, 9.17) is 4.74 Å². The van der Waals surface area contributed by atoms with Gasteiger partial charge in [-0.2, -0.15) is 0 Å². The monoisotopic (exact) mass is 251 g/mol. The van der Waals surface area contributed by atoms with Crippen LogP contribution in [-0.4, -0.2) is 18.4 Å². The van der Waals surface area contributed by atoms with E-state index in [-0.39, 0.29) is 5.72 Å². The molecule has 3 aliphatic rings. The molecule has 1 unspecified atom stereocenters. The summed E-state index contributed by atoms with van der Waals surface area (Å²) < 4.78 is 6.38. The summed E-state index contributed by atoms with van der Waals surface area (Å²) in [4.78, 5) is 0. The average molecular weight is 251 g/mol. The second-order valence-corrected chi connectivity index (χ2v) is 7.55. The van der Waals surface area contributed by atoms with Crippen molar-refractivity contribution in [1.29, 1.82) is 0 Å². The highest BCUT2D eigenvalue weighted by molar-refractivity contribution is 5.05. The number of nitrogens with one attached hydrogen (secondary N) is 1. The molecule has 1 N–H and O–H groups in total. The summed E-state index contributed by atoms with van der Waals surface area (Å²) in [5.74, 6) is 1.61. The molecule has 0 bridgehead atoms. The normalized spacial score (nSPS) is 43.3. The molecule has 2 nitrogen and oxygen atoms in total. The van der Waals surface area contributed by atoms with Gasteiger partial charge in [0.1, 0.15) is 5.72 Å². The van der Waals surface area contributed by atoms with Gasteiger partial charge < -0.3 is 4.74 Å². The first kappa shape index (κ1) is 12.9. The summed E-state index contributed by atoms with van der Waals surface area (Å²) >= 11 is 0. The Bertz CT molecular complexity index is 300. The Balaban J connectivity index is 1.73. The third-order valence-electron chi connectivity index (χ3n) is 5.81. The topological polar surface area (TPSA) is 21.3 Å². The first-order valence-corrected chi connectivity index (χ1v) is 7.97. The molecule has 1 heterocycles. The van der Waals surface area contributed by atoms with E-state index in [1.54, 1.807) is 0 Å². The van der Waals surface area contributed by atoms with E-state index in [0.717, 1.165) is 18.4 Å². The second-order valence-electron chi connectivity index (χ2n) is 7.55. The molecule has 3 rings (SSSR count). The highest BCUT2D eigenvalue weighted by atomic mass is 16.5. The van der Waals surface area contributed by atoms with Crippen molar-refractivity contribution in [2.24, 2.45) is 17.3 Å². The van der Waals surface area contributed by atoms with Gasteiger partial charge in [-0.05, 0) is 50.4 Å². The van der Waals surface area contributed by atoms with E-state index in [1.807, 2.05) is 0 Å². The summed E-state index contributed by atoms with van der Waals surface area (Å²) in [6.45, 7) is 8.14. The zero-order valence-electron chi connectivity index (χ0n) is 12.3. The summed E-state index contributed by atoms with van der Waals surface area (Å²) in [5, 5.41) is 3.96. The smallest absolute Gasteiger partial charge is 0.119 e. The Labute approximate surface area is 112 Å². The van der Waals surface area contributed by atoms with Gasteiger partial charge in [0, 0.05) is 11.5 Å². The van der Waals surface area contributed by atoms with E-state index in [2.05, 4.69) is 26.1 Å². The molecule has 1 aliphatic heterocycles. The maximum atomic E-state index is 6.38. The highest BCUT2D eigenvalue weighted by Crippen LogP contribution is 2.51. The second kappa shape index (κ2) is 4.49. The molecule has 18 heavy (non-hydrogen) atoms. The fourth-order valence-electron chi connectivity index (χ4n) is 4.33. The van der Waals surface area contributed by atoms with Crippen LogP contribution in [0.3, 0.4) is 0 Å². The van der Waals surface area contributed by atoms with E-state index in [0.29, 0.717) is 11.5 Å². The number of hydrogen-bond donors (Lipinski definition) is 1. The van der Waals surface area contributed by atoms with Gasteiger partial charge in [-0.3, -0.25) is 5.32 Å². The van der Waals surface area contributed by atoms with Crippen molar-refractivity contribution < 1.29 is 4.74 Å². The van der Waals surface area contributed by atoms with Crippen molar-refractivity contribution >= 4 is 0 Å². The predicted molar refractivity (Wildman–Crippen MR) is 74.4 cm³/mol. The Morgan fingerprint density at radius 1 is 1.11 bits per heavy atom. The quantitative estimate of drug-likeness (QED) is 0.767. The third kappa shape index (κ3) is 2.02. The molecule has 2 saturated carbocycles. The van der Waals surface area contributed by atoms with Crippen LogP contribution in [0.4, 0.5) is 0 Å². The van der Waals surface area contributed by atoms with Gasteiger partial charge in [-0.1, -0.05) is 27.2 Å². The molecule has 0 aromatic rings. The van der Waals surface area contributed by atoms with Crippen LogP contribution in [-0.2, 0) is 4.74 Å². The fourth-order valence-corrected chi connectivity index (χ4v) is 4.33. The maximum absolute atomic E-state index is 6.38. The number of hydrogen-bond acceptors (Lipinski definition) is 2. The van der Waals surface area contributed by atoms with Crippen molar-refractivity contribution in [2.45, 2.75) is 77.5 Å². The van der Waals surface area contributed by atoms with Crippen molar-refractivity contribution in [3.8, 4) is 0 Å². The lowest BCUT2D eigenvalue weighted by molar-refractivity contribution is -0.209. The lowest BCUT2D eigenvalue weighted by atomic mass is 9.60. The number of rotatable bonds is 1. The molecule has 2 aliphatic carbocycles. The molecule has 1 atom stereocenters. The van der Waals surface area contributed by atoms with Crippen LogP contribution in [0, 0.1) is 17.3 Å². The van der Waals surface area contributed by atoms with Gasteiger partial charge in [-0.25, -0.2) is 0 Å². The first-order chi connectivity index (χ1) is 8.55. The van der Waals surface area contributed by atoms with E-state index < -0.39 is 0 Å². The summed E-state index contributed by atoms with van der Waals surface area (Å²) in [5.41, 5.74) is 0.505. The van der Waals surface area contributed by atoms with Crippen molar-refractivity contribution in [3.63, 3.8) is 0 Å². The molecular weight excluding hydrogens is 222 g/mol. The summed E-state index contributed by atoms with van der Waals surface area (Å²) in [6, 6.07) is 0.674. The van der Waals surface area contributed by atoms with Gasteiger partial charge in [0.15, 0.2) is 0 Å². The largest absolute Gasteiger partial charge is 0.360 e. The van der Waals surface area contributed by atoms with Gasteiger partial charge in [0.25, 0.3) is 0 Å². The van der Waals surface area contributed by atoms with Crippen molar-refractivity contribution in [1.82, 2.24) is 5.32 Å². The molecule has 0 aromatic heterocycles. The van der Waals surface area contributed by atoms with Crippen LogP contribution in [0.2, 0.25) is 0 Å². The Kier molecular flexibility index (Phi) is 3.22. The van der Waals surface area contributed by atoms with Crippen LogP contribution in [0.5, 0.6) is 0 Å². The fraction of sp³-hybridized carbons (Fsp3) is 1.00. The lowest BCUT2D eigenvalue weighted by Gasteiger charge is -2.59. The molecule has 1 saturated heterocycles. The third-order valence-corrected chi connectivity index (χ3v) is 5.81. The van der Waals surface area contributed by atoms with E-state index in [9.17, 15) is 0 Å². The molecule has 2 spiro atoms. The molecule has 3 fully saturated rings. The minimum atomic E-state index is 0.0300. The van der Waals surface area contributed by atoms with Crippen LogP contribution in [0.25, 0.3) is 0 Å². The summed E-state index contributed by atoms with van der Waals surface area (Å²) in [7, 11) is 0. The van der Waals surface area contributed by atoms with E-state index in [1.165, 1.54) is 44.9 Å². The van der Waals surface area contributed by atoms with Crippen LogP contribution >= 0.6 is 0 Å². The van der Waals surface area contributed by atoms with Crippen molar-refractivity contribution in [2.75, 3.05) is 6.61 Å². The van der Waals surface area contributed by atoms with Crippen molar-refractivity contribution in [3.05, 3.63) is 0 Å². The van der Waals surface area contributed by atoms with Gasteiger partial charge in [0.05, 0.1) is 6.61 Å². The standard InChI is InChI=1S/C16H29NO/c1-12(2)14-15(7-4-8-15)11-18-16(17-14)9-5-13(3)6-10-16/h12-14,17H,4-11H2,1-3H3. The SMILES string of the molecule is CC1CCC2(CC1)NC(C(C)C)C1(CCC1)CO2. The maximum Gasteiger partial charge on any atom is 0.119 e. The molecule has 104 valence electrons. The highest BCUT2D eigenvalue weighted by Gasteiger charge is 2.53. The zero-order chi connectivity index (χ0) is 12.8.